The third kappa shape index (κ3) is 4.53. The van der Waals surface area contributed by atoms with Crippen molar-refractivity contribution in [2.45, 2.75) is 0 Å². The van der Waals surface area contributed by atoms with E-state index in [0.717, 1.165) is 28.9 Å². The number of nitrogens with zero attached hydrogens (tertiary/aromatic N) is 1. The maximum Gasteiger partial charge on any atom is 0.0637 e. The Bertz CT molecular complexity index is 339. The van der Waals surface area contributed by atoms with Crippen LogP contribution in [0.1, 0.15) is 0 Å². The van der Waals surface area contributed by atoms with Crippen molar-refractivity contribution in [3.8, 4) is 0 Å². The van der Waals surface area contributed by atoms with Gasteiger partial charge in [-0.25, -0.2) is 0 Å². The van der Waals surface area contributed by atoms with Crippen LogP contribution >= 0.6 is 15.9 Å². The third-order valence-electron chi connectivity index (χ3n) is 2.46. The molecule has 0 radical (unpaired) electrons. The van der Waals surface area contributed by atoms with Gasteiger partial charge in [-0.2, -0.15) is 0 Å². The molecule has 0 spiro atoms. The molecular weight excluding hydrogens is 284 g/mol. The average Bonchev–Trinajstić information content (AvgIpc) is 2.33. The molecule has 2 N–H and O–H groups in total. The number of rotatable bonds is 7. The summed E-state index contributed by atoms with van der Waals surface area (Å²) in [6.45, 7) is 2.91. The molecular formula is C12H19BrN2O2. The van der Waals surface area contributed by atoms with Crippen LogP contribution in [-0.2, 0) is 9.47 Å². The zero-order valence-corrected chi connectivity index (χ0v) is 11.9. The van der Waals surface area contributed by atoms with Crippen LogP contribution in [0, 0.1) is 0 Å². The summed E-state index contributed by atoms with van der Waals surface area (Å²) in [7, 11) is 3.39. The van der Waals surface area contributed by atoms with Crippen LogP contribution in [0.3, 0.4) is 0 Å². The fourth-order valence-electron chi connectivity index (χ4n) is 1.55. The van der Waals surface area contributed by atoms with E-state index in [4.69, 9.17) is 15.2 Å². The first-order valence-electron chi connectivity index (χ1n) is 5.47. The van der Waals surface area contributed by atoms with Crippen molar-refractivity contribution in [1.82, 2.24) is 0 Å². The molecule has 0 saturated carbocycles. The van der Waals surface area contributed by atoms with Crippen molar-refractivity contribution in [2.24, 2.45) is 0 Å². The lowest BCUT2D eigenvalue weighted by molar-refractivity contribution is 0.190. The van der Waals surface area contributed by atoms with Gasteiger partial charge in [-0.05, 0) is 18.2 Å². The van der Waals surface area contributed by atoms with Crippen molar-refractivity contribution in [3.63, 3.8) is 0 Å². The van der Waals surface area contributed by atoms with Gasteiger partial charge in [0.05, 0.1) is 24.6 Å². The Balaban J connectivity index is 2.82. The number of halogens is 1. The van der Waals surface area contributed by atoms with Crippen LogP contribution < -0.4 is 10.6 Å². The summed E-state index contributed by atoms with van der Waals surface area (Å²) in [5, 5.41) is 0. The Kier molecular flexibility index (Phi) is 6.32. The zero-order valence-electron chi connectivity index (χ0n) is 10.3. The van der Waals surface area contributed by atoms with E-state index in [2.05, 4.69) is 20.8 Å². The van der Waals surface area contributed by atoms with E-state index < -0.39 is 0 Å². The van der Waals surface area contributed by atoms with Gasteiger partial charge in [0.15, 0.2) is 0 Å². The van der Waals surface area contributed by atoms with Gasteiger partial charge in [0.25, 0.3) is 0 Å². The molecule has 1 aromatic rings. The van der Waals surface area contributed by atoms with Gasteiger partial charge >= 0.3 is 0 Å². The van der Waals surface area contributed by atoms with Crippen LogP contribution in [0.15, 0.2) is 22.7 Å². The Morgan fingerprint density at radius 2 is 1.76 bits per heavy atom. The van der Waals surface area contributed by atoms with E-state index in [1.54, 1.807) is 14.2 Å². The first-order chi connectivity index (χ1) is 8.19. The molecule has 0 fully saturated rings. The standard InChI is InChI=1S/C12H19BrN2O2/c1-16-7-5-15(6-8-17-2)12-9-10(13)3-4-11(12)14/h3-4,9H,5-8,14H2,1-2H3. The van der Waals surface area contributed by atoms with E-state index >= 15 is 0 Å². The second-order valence-corrected chi connectivity index (χ2v) is 4.59. The molecule has 0 aliphatic heterocycles. The Hall–Kier alpha value is -0.780. The van der Waals surface area contributed by atoms with Crippen LogP contribution in [-0.4, -0.2) is 40.5 Å². The minimum absolute atomic E-state index is 0.662. The highest BCUT2D eigenvalue weighted by Gasteiger charge is 2.10. The summed E-state index contributed by atoms with van der Waals surface area (Å²) >= 11 is 3.46. The van der Waals surface area contributed by atoms with Gasteiger partial charge < -0.3 is 20.1 Å². The smallest absolute Gasteiger partial charge is 0.0637 e. The second-order valence-electron chi connectivity index (χ2n) is 3.68. The molecule has 0 aromatic heterocycles. The topological polar surface area (TPSA) is 47.7 Å². The van der Waals surface area contributed by atoms with Crippen LogP contribution in [0.4, 0.5) is 11.4 Å². The quantitative estimate of drug-likeness (QED) is 0.784. The molecule has 0 saturated heterocycles. The van der Waals surface area contributed by atoms with Gasteiger partial charge in [-0.3, -0.25) is 0 Å². The number of anilines is 2. The Morgan fingerprint density at radius 3 is 2.29 bits per heavy atom. The molecule has 0 unspecified atom stereocenters. The predicted molar refractivity (Wildman–Crippen MR) is 74.5 cm³/mol. The van der Waals surface area contributed by atoms with Crippen LogP contribution in [0.5, 0.6) is 0 Å². The van der Waals surface area contributed by atoms with Gasteiger partial charge in [0.2, 0.25) is 0 Å². The third-order valence-corrected chi connectivity index (χ3v) is 2.96. The van der Waals surface area contributed by atoms with Gasteiger partial charge in [-0.15, -0.1) is 0 Å². The van der Waals surface area contributed by atoms with Crippen molar-refractivity contribution in [3.05, 3.63) is 22.7 Å². The van der Waals surface area contributed by atoms with Crippen molar-refractivity contribution >= 4 is 27.3 Å². The highest BCUT2D eigenvalue weighted by atomic mass is 79.9. The highest BCUT2D eigenvalue weighted by Crippen LogP contribution is 2.26. The molecule has 1 rings (SSSR count). The summed E-state index contributed by atoms with van der Waals surface area (Å²) in [6, 6.07) is 5.84. The first kappa shape index (κ1) is 14.3. The summed E-state index contributed by atoms with van der Waals surface area (Å²) < 4.78 is 11.2. The molecule has 1 aromatic carbocycles. The number of methoxy groups -OCH3 is 2. The van der Waals surface area contributed by atoms with Gasteiger partial charge in [0.1, 0.15) is 0 Å². The molecule has 96 valence electrons. The van der Waals surface area contributed by atoms with E-state index in [9.17, 15) is 0 Å². The lowest BCUT2D eigenvalue weighted by atomic mass is 10.2. The maximum absolute atomic E-state index is 5.99. The second kappa shape index (κ2) is 7.53. The SMILES string of the molecule is COCCN(CCOC)c1cc(Br)ccc1N. The van der Waals surface area contributed by atoms with Crippen molar-refractivity contribution in [2.75, 3.05) is 51.2 Å². The molecule has 0 aliphatic carbocycles. The van der Waals surface area contributed by atoms with Crippen molar-refractivity contribution < 1.29 is 9.47 Å². The number of ether oxygens (including phenoxy) is 2. The fraction of sp³-hybridized carbons (Fsp3) is 0.500. The minimum Gasteiger partial charge on any atom is -0.397 e. The number of benzene rings is 1. The number of nitrogens with two attached hydrogens (primary N) is 1. The Morgan fingerprint density at radius 1 is 1.18 bits per heavy atom. The van der Waals surface area contributed by atoms with E-state index in [1.165, 1.54) is 0 Å². The van der Waals surface area contributed by atoms with Crippen LogP contribution in [0.25, 0.3) is 0 Å². The van der Waals surface area contributed by atoms with Crippen molar-refractivity contribution in [1.29, 1.82) is 0 Å². The molecule has 5 heteroatoms. The lowest BCUT2D eigenvalue weighted by Gasteiger charge is -2.25. The highest BCUT2D eigenvalue weighted by molar-refractivity contribution is 9.10. The minimum atomic E-state index is 0.662. The molecule has 0 aliphatic rings. The molecule has 0 amide bonds. The monoisotopic (exact) mass is 302 g/mol. The normalized spacial score (nSPS) is 10.5. The summed E-state index contributed by atoms with van der Waals surface area (Å²) in [4.78, 5) is 2.16. The largest absolute Gasteiger partial charge is 0.397 e. The molecule has 0 atom stereocenters. The number of hydrogen-bond donors (Lipinski definition) is 1. The average molecular weight is 303 g/mol. The Labute approximate surface area is 111 Å². The number of nitrogen functional groups attached to an aromatic ring is 1. The predicted octanol–water partition coefficient (Wildman–Crippen LogP) is 2.13. The van der Waals surface area contributed by atoms with E-state index in [0.29, 0.717) is 13.2 Å². The molecule has 0 heterocycles. The number of hydrogen-bond acceptors (Lipinski definition) is 4. The maximum atomic E-state index is 5.99. The fourth-order valence-corrected chi connectivity index (χ4v) is 1.90. The summed E-state index contributed by atoms with van der Waals surface area (Å²) in [5.74, 6) is 0. The summed E-state index contributed by atoms with van der Waals surface area (Å²) in [6.07, 6.45) is 0. The molecule has 4 nitrogen and oxygen atoms in total. The zero-order chi connectivity index (χ0) is 12.7. The van der Waals surface area contributed by atoms with E-state index in [-0.39, 0.29) is 0 Å². The molecule has 17 heavy (non-hydrogen) atoms. The van der Waals surface area contributed by atoms with E-state index in [1.807, 2.05) is 18.2 Å². The lowest BCUT2D eigenvalue weighted by Crippen LogP contribution is -2.31. The van der Waals surface area contributed by atoms with Gasteiger partial charge in [-0.1, -0.05) is 15.9 Å². The van der Waals surface area contributed by atoms with Crippen LogP contribution in [0.2, 0.25) is 0 Å². The molecule has 0 bridgehead atoms. The summed E-state index contributed by atoms with van der Waals surface area (Å²) in [5.41, 5.74) is 7.76. The van der Waals surface area contributed by atoms with Gasteiger partial charge in [0, 0.05) is 31.8 Å². The first-order valence-corrected chi connectivity index (χ1v) is 6.26.